The highest BCUT2D eigenvalue weighted by Crippen LogP contribution is 2.40. The number of halogens is 3. The molecule has 1 fully saturated rings. The second kappa shape index (κ2) is 10.6. The monoisotopic (exact) mass is 526 g/mol. The smallest absolute Gasteiger partial charge is 0.416 e. The summed E-state index contributed by atoms with van der Waals surface area (Å²) < 4.78 is 51.9. The number of alkyl halides is 3. The van der Waals surface area contributed by atoms with E-state index in [-0.39, 0.29) is 18.4 Å². The predicted molar refractivity (Wildman–Crippen MR) is 134 cm³/mol. The number of piperidine rings is 1. The highest BCUT2D eigenvalue weighted by atomic mass is 19.4. The standard InChI is InChI=1S/C27H37F3N2O5/c1-25(2,3)36-23(34)17-9-12-31(13-10-17)21-15-18(27(28,29)30)7-8-19(21)20-11-14-32(22(20)16-33)24(35)37-26(4,5)6/h7-8,11,15,17,22,33H,9-10,12-14,16H2,1-6H3. The number of aliphatic hydroxyl groups excluding tert-OH is 1. The molecule has 0 spiro atoms. The van der Waals surface area contributed by atoms with Gasteiger partial charge in [0.25, 0.3) is 0 Å². The van der Waals surface area contributed by atoms with Crippen molar-refractivity contribution in [3.8, 4) is 0 Å². The van der Waals surface area contributed by atoms with Crippen LogP contribution in [0.1, 0.15) is 65.5 Å². The molecule has 0 aliphatic carbocycles. The number of esters is 1. The molecule has 1 atom stereocenters. The summed E-state index contributed by atoms with van der Waals surface area (Å²) in [6.45, 7) is 11.1. The quantitative estimate of drug-likeness (QED) is 0.540. The van der Waals surface area contributed by atoms with Gasteiger partial charge in [-0.3, -0.25) is 9.69 Å². The number of ether oxygens (including phenoxy) is 2. The molecule has 1 amide bonds. The Labute approximate surface area is 216 Å². The normalized spacial score (nSPS) is 19.6. The first-order valence-corrected chi connectivity index (χ1v) is 12.5. The maximum Gasteiger partial charge on any atom is 0.416 e. The Hall–Kier alpha value is -2.75. The lowest BCUT2D eigenvalue weighted by molar-refractivity contribution is -0.160. The second-order valence-corrected chi connectivity index (χ2v) is 11.5. The Morgan fingerprint density at radius 2 is 1.59 bits per heavy atom. The predicted octanol–water partition coefficient (Wildman–Crippen LogP) is 5.26. The Kier molecular flexibility index (Phi) is 8.22. The van der Waals surface area contributed by atoms with E-state index in [0.717, 1.165) is 12.1 Å². The molecule has 37 heavy (non-hydrogen) atoms. The highest BCUT2D eigenvalue weighted by molar-refractivity contribution is 5.85. The number of hydrogen-bond donors (Lipinski definition) is 1. The van der Waals surface area contributed by atoms with Gasteiger partial charge < -0.3 is 19.5 Å². The van der Waals surface area contributed by atoms with Gasteiger partial charge in [-0.05, 0) is 72.1 Å². The van der Waals surface area contributed by atoms with Gasteiger partial charge in [-0.15, -0.1) is 0 Å². The summed E-state index contributed by atoms with van der Waals surface area (Å²) in [5, 5.41) is 10.2. The maximum absolute atomic E-state index is 13.6. The van der Waals surface area contributed by atoms with Crippen molar-refractivity contribution in [2.45, 2.75) is 77.8 Å². The fourth-order valence-corrected chi connectivity index (χ4v) is 4.59. The molecule has 206 valence electrons. The van der Waals surface area contributed by atoms with Crippen LogP contribution in [0, 0.1) is 5.92 Å². The molecule has 2 aliphatic heterocycles. The fourth-order valence-electron chi connectivity index (χ4n) is 4.59. The van der Waals surface area contributed by atoms with E-state index in [1.165, 1.54) is 11.0 Å². The average Bonchev–Trinajstić information content (AvgIpc) is 3.20. The maximum atomic E-state index is 13.6. The van der Waals surface area contributed by atoms with E-state index < -0.39 is 41.7 Å². The fraction of sp³-hybridized carbons (Fsp3) is 0.630. The first-order valence-electron chi connectivity index (χ1n) is 12.5. The third-order valence-electron chi connectivity index (χ3n) is 6.26. The molecule has 0 aromatic heterocycles. The molecule has 0 bridgehead atoms. The largest absolute Gasteiger partial charge is 0.460 e. The number of anilines is 1. The van der Waals surface area contributed by atoms with Gasteiger partial charge in [-0.25, -0.2) is 4.79 Å². The van der Waals surface area contributed by atoms with Gasteiger partial charge in [-0.1, -0.05) is 12.1 Å². The zero-order valence-corrected chi connectivity index (χ0v) is 22.3. The van der Waals surface area contributed by atoms with Gasteiger partial charge in [0, 0.05) is 30.9 Å². The highest BCUT2D eigenvalue weighted by Gasteiger charge is 2.38. The molecule has 1 unspecified atom stereocenters. The molecule has 2 heterocycles. The summed E-state index contributed by atoms with van der Waals surface area (Å²) >= 11 is 0. The van der Waals surface area contributed by atoms with Crippen LogP contribution in [0.3, 0.4) is 0 Å². The molecule has 2 aliphatic rings. The van der Waals surface area contributed by atoms with E-state index in [4.69, 9.17) is 9.47 Å². The van der Waals surface area contributed by atoms with Gasteiger partial charge in [0.15, 0.2) is 0 Å². The number of hydrogen-bond acceptors (Lipinski definition) is 6. The van der Waals surface area contributed by atoms with E-state index >= 15 is 0 Å². The zero-order valence-electron chi connectivity index (χ0n) is 22.3. The number of aliphatic hydroxyl groups is 1. The van der Waals surface area contributed by atoms with E-state index in [1.54, 1.807) is 47.6 Å². The summed E-state index contributed by atoms with van der Waals surface area (Å²) in [6, 6.07) is 2.75. The second-order valence-electron chi connectivity index (χ2n) is 11.5. The van der Waals surface area contributed by atoms with Crippen molar-refractivity contribution in [2.24, 2.45) is 5.92 Å². The number of amides is 1. The topological polar surface area (TPSA) is 79.3 Å². The molecule has 1 aromatic rings. The van der Waals surface area contributed by atoms with Crippen LogP contribution in [-0.2, 0) is 20.4 Å². The molecular weight excluding hydrogens is 489 g/mol. The van der Waals surface area contributed by atoms with Crippen LogP contribution >= 0.6 is 0 Å². The minimum absolute atomic E-state index is 0.163. The molecule has 0 saturated carbocycles. The van der Waals surface area contributed by atoms with Crippen molar-refractivity contribution >= 4 is 23.3 Å². The average molecular weight is 527 g/mol. The molecular formula is C27H37F3N2O5. The lowest BCUT2D eigenvalue weighted by Crippen LogP contribution is -2.43. The van der Waals surface area contributed by atoms with Crippen molar-refractivity contribution in [3.05, 3.63) is 35.4 Å². The van der Waals surface area contributed by atoms with Crippen molar-refractivity contribution in [3.63, 3.8) is 0 Å². The first kappa shape index (κ1) is 28.8. The summed E-state index contributed by atoms with van der Waals surface area (Å²) in [5.74, 6) is -0.633. The number of carbonyl (C=O) groups is 2. The zero-order chi connectivity index (χ0) is 27.8. The van der Waals surface area contributed by atoms with Gasteiger partial charge >= 0.3 is 18.2 Å². The lowest BCUT2D eigenvalue weighted by atomic mass is 9.92. The van der Waals surface area contributed by atoms with E-state index in [2.05, 4.69) is 0 Å². The van der Waals surface area contributed by atoms with Crippen LogP contribution in [0.2, 0.25) is 0 Å². The molecule has 1 aromatic carbocycles. The molecule has 1 saturated heterocycles. The number of nitrogens with zero attached hydrogens (tertiary/aromatic N) is 2. The Bertz CT molecular complexity index is 1030. The Morgan fingerprint density at radius 1 is 1.00 bits per heavy atom. The van der Waals surface area contributed by atoms with Crippen LogP contribution in [-0.4, -0.2) is 65.6 Å². The van der Waals surface area contributed by atoms with E-state index in [0.29, 0.717) is 42.8 Å². The summed E-state index contributed by atoms with van der Waals surface area (Å²) in [6.07, 6.45) is -2.52. The van der Waals surface area contributed by atoms with Crippen molar-refractivity contribution < 1.29 is 37.3 Å². The third kappa shape index (κ3) is 7.18. The minimum atomic E-state index is -4.54. The Balaban J connectivity index is 1.89. The summed E-state index contributed by atoms with van der Waals surface area (Å²) in [5.41, 5.74) is -0.716. The van der Waals surface area contributed by atoms with Crippen LogP contribution in [0.25, 0.3) is 5.57 Å². The van der Waals surface area contributed by atoms with Crippen LogP contribution in [0.15, 0.2) is 24.3 Å². The first-order chi connectivity index (χ1) is 17.0. The minimum Gasteiger partial charge on any atom is -0.460 e. The van der Waals surface area contributed by atoms with Gasteiger partial charge in [0.05, 0.1) is 24.1 Å². The molecule has 7 nitrogen and oxygen atoms in total. The number of rotatable bonds is 4. The lowest BCUT2D eigenvalue weighted by Gasteiger charge is -2.36. The summed E-state index contributed by atoms with van der Waals surface area (Å²) in [7, 11) is 0. The van der Waals surface area contributed by atoms with Crippen molar-refractivity contribution in [1.29, 1.82) is 0 Å². The van der Waals surface area contributed by atoms with Crippen molar-refractivity contribution in [1.82, 2.24) is 4.90 Å². The van der Waals surface area contributed by atoms with Crippen LogP contribution in [0.5, 0.6) is 0 Å². The molecule has 1 N–H and O–H groups in total. The number of carbonyl (C=O) groups excluding carboxylic acids is 2. The molecule has 0 radical (unpaired) electrons. The Morgan fingerprint density at radius 3 is 2.11 bits per heavy atom. The van der Waals surface area contributed by atoms with E-state index in [1.807, 2.05) is 4.90 Å². The van der Waals surface area contributed by atoms with E-state index in [9.17, 15) is 27.9 Å². The van der Waals surface area contributed by atoms with Crippen LogP contribution < -0.4 is 4.90 Å². The van der Waals surface area contributed by atoms with Gasteiger partial charge in [0.2, 0.25) is 0 Å². The third-order valence-corrected chi connectivity index (χ3v) is 6.26. The molecule has 10 heteroatoms. The SMILES string of the molecule is CC(C)(C)OC(=O)C1CCN(c2cc(C(F)(F)F)ccc2C2=CCN(C(=O)OC(C)(C)C)C2CO)CC1. The summed E-state index contributed by atoms with van der Waals surface area (Å²) in [4.78, 5) is 28.5. The number of benzene rings is 1. The molecule has 3 rings (SSSR count). The van der Waals surface area contributed by atoms with Crippen LogP contribution in [0.4, 0.5) is 23.7 Å². The van der Waals surface area contributed by atoms with Gasteiger partial charge in [-0.2, -0.15) is 13.2 Å². The van der Waals surface area contributed by atoms with Gasteiger partial charge in [0.1, 0.15) is 11.2 Å². The van der Waals surface area contributed by atoms with Crippen molar-refractivity contribution in [2.75, 3.05) is 31.1 Å².